The summed E-state index contributed by atoms with van der Waals surface area (Å²) < 4.78 is 3.65. The molecule has 0 amide bonds. The van der Waals surface area contributed by atoms with Crippen molar-refractivity contribution in [3.05, 3.63) is 12.2 Å². The summed E-state index contributed by atoms with van der Waals surface area (Å²) in [6.07, 6.45) is 10.8. The fraction of sp³-hybridized carbons (Fsp3) is 0.750. The highest BCUT2D eigenvalue weighted by atomic mass is 35.5. The van der Waals surface area contributed by atoms with Crippen LogP contribution in [0.2, 0.25) is 0 Å². The molecule has 1 aliphatic carbocycles. The molecule has 0 fully saturated rings. The van der Waals surface area contributed by atoms with Crippen LogP contribution >= 0.6 is 20.1 Å². The van der Waals surface area contributed by atoms with Gasteiger partial charge in [-0.05, 0) is 32.1 Å². The summed E-state index contributed by atoms with van der Waals surface area (Å²) in [5.74, 6) is 0. The lowest BCUT2D eigenvalue weighted by Gasteiger charge is -2.10. The van der Waals surface area contributed by atoms with Crippen molar-refractivity contribution in [3.63, 3.8) is 0 Å². The average molecular weight is 190 g/mol. The summed E-state index contributed by atoms with van der Waals surface area (Å²) in [5, 5.41) is 0. The molecule has 0 N–H and O–H groups in total. The van der Waals surface area contributed by atoms with Gasteiger partial charge < -0.3 is 0 Å². The van der Waals surface area contributed by atoms with Crippen molar-refractivity contribution < 1.29 is 0 Å². The highest BCUT2D eigenvalue weighted by Gasteiger charge is 2.06. The van der Waals surface area contributed by atoms with Gasteiger partial charge in [0.1, 0.15) is 0 Å². The summed E-state index contributed by atoms with van der Waals surface area (Å²) in [7, 11) is 1.07. The van der Waals surface area contributed by atoms with Gasteiger partial charge in [0, 0.05) is 25.8 Å². The highest BCUT2D eigenvalue weighted by molar-refractivity contribution is 7.28. The van der Waals surface area contributed by atoms with Crippen molar-refractivity contribution in [1.82, 2.24) is 0 Å². The zero-order chi connectivity index (χ0) is 7.94. The molecule has 1 aliphatic rings. The Morgan fingerprint density at radius 2 is 2.09 bits per heavy atom. The van der Waals surface area contributed by atoms with E-state index in [9.17, 15) is 0 Å². The topological polar surface area (TPSA) is 12.4 Å². The first-order chi connectivity index (χ1) is 5.43. The van der Waals surface area contributed by atoms with E-state index >= 15 is 0 Å². The monoisotopic (exact) mass is 189 g/mol. The van der Waals surface area contributed by atoms with Gasteiger partial charge in [-0.2, -0.15) is 4.26 Å². The van der Waals surface area contributed by atoms with E-state index in [4.69, 9.17) is 11.8 Å². The SMILES string of the molecule is ClN=PC1CCC=CCCC1. The van der Waals surface area contributed by atoms with Crippen LogP contribution in [0.15, 0.2) is 16.4 Å². The molecule has 0 bridgehead atoms. The van der Waals surface area contributed by atoms with E-state index in [1.54, 1.807) is 0 Å². The molecule has 0 heterocycles. The molecular weight excluding hydrogens is 177 g/mol. The Bertz CT molecular complexity index is 156. The van der Waals surface area contributed by atoms with Crippen LogP contribution in [0.4, 0.5) is 0 Å². The van der Waals surface area contributed by atoms with E-state index in [2.05, 4.69) is 16.4 Å². The van der Waals surface area contributed by atoms with E-state index < -0.39 is 0 Å². The van der Waals surface area contributed by atoms with Gasteiger partial charge in [-0.3, -0.25) is 0 Å². The number of halogens is 1. The van der Waals surface area contributed by atoms with Gasteiger partial charge in [0.25, 0.3) is 0 Å². The molecule has 1 atom stereocenters. The molecule has 0 aliphatic heterocycles. The number of hydrogen-bond donors (Lipinski definition) is 0. The second-order valence-electron chi connectivity index (χ2n) is 2.82. The zero-order valence-corrected chi connectivity index (χ0v) is 8.19. The van der Waals surface area contributed by atoms with Gasteiger partial charge in [0.15, 0.2) is 0 Å². The Morgan fingerprint density at radius 1 is 1.27 bits per heavy atom. The molecule has 0 saturated heterocycles. The van der Waals surface area contributed by atoms with E-state index in [0.717, 1.165) is 8.37 Å². The minimum atomic E-state index is 0.706. The molecule has 3 heteroatoms. The summed E-state index contributed by atoms with van der Waals surface area (Å²) in [5.41, 5.74) is 0.706. The summed E-state index contributed by atoms with van der Waals surface area (Å²) in [6, 6.07) is 0. The molecular formula is C8H13ClNP. The Balaban J connectivity index is 2.35. The summed E-state index contributed by atoms with van der Waals surface area (Å²) in [4.78, 5) is 0. The molecule has 0 spiro atoms. The quantitative estimate of drug-likeness (QED) is 0.434. The maximum atomic E-state index is 5.32. The first kappa shape index (κ1) is 9.22. The summed E-state index contributed by atoms with van der Waals surface area (Å²) in [6.45, 7) is 0. The third-order valence-corrected chi connectivity index (χ3v) is 3.14. The first-order valence-electron chi connectivity index (χ1n) is 4.09. The van der Waals surface area contributed by atoms with E-state index in [1.165, 1.54) is 32.1 Å². The minimum absolute atomic E-state index is 0.706. The van der Waals surface area contributed by atoms with Gasteiger partial charge in [0.2, 0.25) is 0 Å². The Hall–Kier alpha value is 0.130. The molecule has 0 aromatic carbocycles. The van der Waals surface area contributed by atoms with Gasteiger partial charge in [-0.15, -0.1) is 0 Å². The first-order valence-corrected chi connectivity index (χ1v) is 5.35. The van der Waals surface area contributed by atoms with Crippen LogP contribution in [0, 0.1) is 0 Å². The lowest BCUT2D eigenvalue weighted by atomic mass is 10.1. The molecule has 0 saturated carbocycles. The van der Waals surface area contributed by atoms with Crippen LogP contribution < -0.4 is 0 Å². The highest BCUT2D eigenvalue weighted by Crippen LogP contribution is 2.24. The van der Waals surface area contributed by atoms with Crippen molar-refractivity contribution >= 4 is 20.1 Å². The Labute approximate surface area is 74.8 Å². The lowest BCUT2D eigenvalue weighted by molar-refractivity contribution is 0.651. The average Bonchev–Trinajstić information content (AvgIpc) is 1.94. The normalized spacial score (nSPS) is 26.8. The van der Waals surface area contributed by atoms with Crippen LogP contribution in [-0.2, 0) is 0 Å². The third kappa shape index (κ3) is 3.88. The van der Waals surface area contributed by atoms with Gasteiger partial charge in [-0.25, -0.2) is 0 Å². The molecule has 0 aromatic rings. The Kier molecular flexibility index (Phi) is 4.81. The molecule has 1 unspecified atom stereocenters. The van der Waals surface area contributed by atoms with Gasteiger partial charge in [-0.1, -0.05) is 12.2 Å². The van der Waals surface area contributed by atoms with E-state index in [1.807, 2.05) is 0 Å². The van der Waals surface area contributed by atoms with Crippen molar-refractivity contribution in [2.75, 3.05) is 0 Å². The molecule has 62 valence electrons. The third-order valence-electron chi connectivity index (χ3n) is 1.95. The fourth-order valence-corrected chi connectivity index (χ4v) is 2.37. The largest absolute Gasteiger partial charge is 0.161 e. The molecule has 11 heavy (non-hydrogen) atoms. The van der Waals surface area contributed by atoms with E-state index in [0.29, 0.717) is 5.66 Å². The maximum Gasteiger partial charge on any atom is 0.0409 e. The second kappa shape index (κ2) is 5.74. The van der Waals surface area contributed by atoms with Gasteiger partial charge >= 0.3 is 0 Å². The molecule has 0 radical (unpaired) electrons. The van der Waals surface area contributed by atoms with Crippen molar-refractivity contribution in [2.45, 2.75) is 37.8 Å². The maximum absolute atomic E-state index is 5.32. The van der Waals surface area contributed by atoms with Crippen molar-refractivity contribution in [2.24, 2.45) is 4.26 Å². The molecule has 1 rings (SSSR count). The van der Waals surface area contributed by atoms with Crippen molar-refractivity contribution in [3.8, 4) is 0 Å². The van der Waals surface area contributed by atoms with Crippen LogP contribution in [0.1, 0.15) is 32.1 Å². The Morgan fingerprint density at radius 3 is 2.91 bits per heavy atom. The van der Waals surface area contributed by atoms with Crippen LogP contribution in [0.3, 0.4) is 0 Å². The standard InChI is InChI=1S/C8H13ClNP/c9-10-11-8-6-4-2-1-3-5-7-8/h1-2,8H,3-7H2. The number of rotatable bonds is 1. The van der Waals surface area contributed by atoms with Gasteiger partial charge in [0.05, 0.1) is 0 Å². The van der Waals surface area contributed by atoms with Crippen LogP contribution in [0.25, 0.3) is 0 Å². The van der Waals surface area contributed by atoms with Crippen LogP contribution in [-0.4, -0.2) is 5.66 Å². The smallest absolute Gasteiger partial charge is 0.0409 e. The van der Waals surface area contributed by atoms with E-state index in [-0.39, 0.29) is 0 Å². The fourth-order valence-electron chi connectivity index (χ4n) is 1.32. The number of hydrogen-bond acceptors (Lipinski definition) is 1. The minimum Gasteiger partial charge on any atom is -0.161 e. The number of allylic oxidation sites excluding steroid dienone is 2. The molecule has 0 aromatic heterocycles. The predicted molar refractivity (Wildman–Crippen MR) is 51.2 cm³/mol. The van der Waals surface area contributed by atoms with Crippen molar-refractivity contribution in [1.29, 1.82) is 0 Å². The van der Waals surface area contributed by atoms with Crippen LogP contribution in [0.5, 0.6) is 0 Å². The second-order valence-corrected chi connectivity index (χ2v) is 4.39. The zero-order valence-electron chi connectivity index (χ0n) is 6.54. The predicted octanol–water partition coefficient (Wildman–Crippen LogP) is 4.16. The molecule has 1 nitrogen and oxygen atoms in total. The number of nitrogens with zero attached hydrogens (tertiary/aromatic N) is 1. The summed E-state index contributed by atoms with van der Waals surface area (Å²) >= 11 is 5.32. The lowest BCUT2D eigenvalue weighted by Crippen LogP contribution is -1.99.